The Labute approximate surface area is 169 Å². The predicted molar refractivity (Wildman–Crippen MR) is 114 cm³/mol. The molecular formula is C20H27BrN2O2S. The molecule has 4 nitrogen and oxygen atoms in total. The molecule has 2 rings (SSSR count). The summed E-state index contributed by atoms with van der Waals surface area (Å²) in [6.07, 6.45) is 8.21. The summed E-state index contributed by atoms with van der Waals surface area (Å²) in [5.74, 6) is 0.681. The molecule has 0 unspecified atom stereocenters. The van der Waals surface area contributed by atoms with Crippen LogP contribution in [-0.4, -0.2) is 24.2 Å². The summed E-state index contributed by atoms with van der Waals surface area (Å²) in [7, 11) is 0. The second kappa shape index (κ2) is 10.7. The third-order valence-corrected chi connectivity index (χ3v) is 4.84. The lowest BCUT2D eigenvalue weighted by Crippen LogP contribution is -2.39. The predicted octanol–water partition coefficient (Wildman–Crippen LogP) is 4.98. The highest BCUT2D eigenvalue weighted by Gasteiger charge is 2.15. The fraction of sp³-hybridized carbons (Fsp3) is 0.500. The van der Waals surface area contributed by atoms with Crippen molar-refractivity contribution in [3.63, 3.8) is 0 Å². The lowest BCUT2D eigenvalue weighted by Gasteiger charge is -2.15. The first-order valence-corrected chi connectivity index (χ1v) is 10.3. The van der Waals surface area contributed by atoms with Gasteiger partial charge in [0.2, 0.25) is 0 Å². The molecule has 142 valence electrons. The molecule has 0 aliphatic heterocycles. The van der Waals surface area contributed by atoms with Gasteiger partial charge in [0.25, 0.3) is 5.91 Å². The Balaban J connectivity index is 1.88. The summed E-state index contributed by atoms with van der Waals surface area (Å²) in [5, 5.41) is 6.22. The summed E-state index contributed by atoms with van der Waals surface area (Å²) < 4.78 is 6.59. The van der Waals surface area contributed by atoms with Crippen LogP contribution in [0.1, 0.15) is 56.3 Å². The summed E-state index contributed by atoms with van der Waals surface area (Å²) in [5.41, 5.74) is 1.95. The van der Waals surface area contributed by atoms with E-state index < -0.39 is 0 Å². The van der Waals surface area contributed by atoms with Crippen LogP contribution in [0.25, 0.3) is 0 Å². The summed E-state index contributed by atoms with van der Waals surface area (Å²) >= 11 is 8.67. The molecule has 0 aromatic heterocycles. The van der Waals surface area contributed by atoms with Crippen LogP contribution in [0, 0.1) is 5.92 Å². The molecule has 0 saturated heterocycles. The van der Waals surface area contributed by atoms with Gasteiger partial charge in [0.15, 0.2) is 5.11 Å². The molecule has 0 bridgehead atoms. The minimum Gasteiger partial charge on any atom is -0.492 e. The lowest BCUT2D eigenvalue weighted by atomic mass is 9.97. The van der Waals surface area contributed by atoms with Crippen LogP contribution in [0.15, 0.2) is 34.3 Å². The largest absolute Gasteiger partial charge is 0.492 e. The van der Waals surface area contributed by atoms with Crippen LogP contribution in [0.3, 0.4) is 0 Å². The zero-order chi connectivity index (χ0) is 18.9. The van der Waals surface area contributed by atoms with Gasteiger partial charge in [0, 0.05) is 11.0 Å². The SMILES string of the molecule is CC(C)COc1ccc(Br)cc1C(=O)NC(=S)NCCC1=CCCCC1. The number of hydrogen-bond acceptors (Lipinski definition) is 3. The number of halogens is 1. The number of carbonyl (C=O) groups excluding carboxylic acids is 1. The van der Waals surface area contributed by atoms with Crippen LogP contribution in [0.5, 0.6) is 5.75 Å². The Hall–Kier alpha value is -1.40. The number of amides is 1. The second-order valence-electron chi connectivity index (χ2n) is 6.91. The Morgan fingerprint density at radius 1 is 1.35 bits per heavy atom. The molecule has 0 fully saturated rings. The highest BCUT2D eigenvalue weighted by molar-refractivity contribution is 9.10. The standard InChI is InChI=1S/C20H27BrN2O2S/c1-14(2)13-25-18-9-8-16(21)12-17(18)19(24)23-20(26)22-11-10-15-6-4-3-5-7-15/h6,8-9,12,14H,3-5,7,10-11,13H2,1-2H3,(H2,22,23,24,26). The third kappa shape index (κ3) is 7.08. The third-order valence-electron chi connectivity index (χ3n) is 4.10. The molecule has 1 aromatic carbocycles. The minimum absolute atomic E-state index is 0.264. The van der Waals surface area contributed by atoms with Crippen molar-refractivity contribution in [3.8, 4) is 5.75 Å². The van der Waals surface area contributed by atoms with Gasteiger partial charge in [-0.3, -0.25) is 10.1 Å². The van der Waals surface area contributed by atoms with E-state index in [0.29, 0.717) is 29.0 Å². The van der Waals surface area contributed by atoms with Crippen molar-refractivity contribution in [2.24, 2.45) is 5.92 Å². The summed E-state index contributed by atoms with van der Waals surface area (Å²) in [4.78, 5) is 12.6. The van der Waals surface area contributed by atoms with E-state index in [-0.39, 0.29) is 5.91 Å². The van der Waals surface area contributed by atoms with Crippen molar-refractivity contribution in [1.29, 1.82) is 0 Å². The first-order chi connectivity index (χ1) is 12.5. The van der Waals surface area contributed by atoms with Crippen LogP contribution >= 0.6 is 28.1 Å². The molecular weight excluding hydrogens is 412 g/mol. The fourth-order valence-electron chi connectivity index (χ4n) is 2.74. The van der Waals surface area contributed by atoms with Gasteiger partial charge in [-0.2, -0.15) is 0 Å². The number of benzene rings is 1. The highest BCUT2D eigenvalue weighted by atomic mass is 79.9. The molecule has 0 atom stereocenters. The number of rotatable bonds is 7. The van der Waals surface area contributed by atoms with Crippen molar-refractivity contribution >= 4 is 39.2 Å². The number of carbonyl (C=O) groups is 1. The number of thiocarbonyl (C=S) groups is 1. The van der Waals surface area contributed by atoms with Gasteiger partial charge in [-0.1, -0.05) is 41.4 Å². The summed E-state index contributed by atoms with van der Waals surface area (Å²) in [6, 6.07) is 5.41. The molecule has 26 heavy (non-hydrogen) atoms. The monoisotopic (exact) mass is 438 g/mol. The highest BCUT2D eigenvalue weighted by Crippen LogP contribution is 2.24. The van der Waals surface area contributed by atoms with E-state index in [1.54, 1.807) is 12.1 Å². The van der Waals surface area contributed by atoms with Crippen LogP contribution in [-0.2, 0) is 0 Å². The van der Waals surface area contributed by atoms with Gasteiger partial charge in [-0.05, 0) is 68.4 Å². The molecule has 0 spiro atoms. The topological polar surface area (TPSA) is 50.4 Å². The van der Waals surface area contributed by atoms with Crippen molar-refractivity contribution in [2.75, 3.05) is 13.2 Å². The lowest BCUT2D eigenvalue weighted by molar-refractivity contribution is 0.0972. The van der Waals surface area contributed by atoms with E-state index in [4.69, 9.17) is 17.0 Å². The Morgan fingerprint density at radius 3 is 2.85 bits per heavy atom. The average molecular weight is 439 g/mol. The minimum atomic E-state index is -0.264. The van der Waals surface area contributed by atoms with E-state index >= 15 is 0 Å². The van der Waals surface area contributed by atoms with E-state index in [1.165, 1.54) is 31.3 Å². The molecule has 1 aliphatic rings. The van der Waals surface area contributed by atoms with Crippen LogP contribution in [0.4, 0.5) is 0 Å². The van der Waals surface area contributed by atoms with Gasteiger partial charge < -0.3 is 10.1 Å². The molecule has 1 aliphatic carbocycles. The number of hydrogen-bond donors (Lipinski definition) is 2. The van der Waals surface area contributed by atoms with Crippen molar-refractivity contribution in [3.05, 3.63) is 39.9 Å². The number of allylic oxidation sites excluding steroid dienone is 1. The quantitative estimate of drug-likeness (QED) is 0.465. The fourth-order valence-corrected chi connectivity index (χ4v) is 3.30. The first-order valence-electron chi connectivity index (χ1n) is 9.15. The van der Waals surface area contributed by atoms with Gasteiger partial charge >= 0.3 is 0 Å². The molecule has 1 aromatic rings. The van der Waals surface area contributed by atoms with Gasteiger partial charge in [0.05, 0.1) is 12.2 Å². The number of nitrogens with one attached hydrogen (secondary N) is 2. The van der Waals surface area contributed by atoms with E-state index in [9.17, 15) is 4.79 Å². The van der Waals surface area contributed by atoms with Gasteiger partial charge in [-0.25, -0.2) is 0 Å². The first kappa shape index (κ1) is 20.9. The van der Waals surface area contributed by atoms with E-state index in [0.717, 1.165) is 17.4 Å². The Bertz CT molecular complexity index is 674. The Kier molecular flexibility index (Phi) is 8.59. The Morgan fingerprint density at radius 2 is 2.15 bits per heavy atom. The van der Waals surface area contributed by atoms with Crippen molar-refractivity contribution in [2.45, 2.75) is 46.0 Å². The molecule has 1 amide bonds. The molecule has 2 N–H and O–H groups in total. The maximum Gasteiger partial charge on any atom is 0.261 e. The van der Waals surface area contributed by atoms with Crippen LogP contribution in [0.2, 0.25) is 0 Å². The molecule has 6 heteroatoms. The maximum atomic E-state index is 12.6. The molecule has 0 saturated carbocycles. The smallest absolute Gasteiger partial charge is 0.261 e. The van der Waals surface area contributed by atoms with E-state index in [2.05, 4.69) is 46.5 Å². The average Bonchev–Trinajstić information content (AvgIpc) is 2.61. The number of ether oxygens (including phenoxy) is 1. The van der Waals surface area contributed by atoms with E-state index in [1.807, 2.05) is 6.07 Å². The zero-order valence-electron chi connectivity index (χ0n) is 15.4. The van der Waals surface area contributed by atoms with Crippen molar-refractivity contribution in [1.82, 2.24) is 10.6 Å². The molecule has 0 heterocycles. The van der Waals surface area contributed by atoms with Crippen molar-refractivity contribution < 1.29 is 9.53 Å². The summed E-state index contributed by atoms with van der Waals surface area (Å²) in [6.45, 7) is 5.43. The molecule has 0 radical (unpaired) electrons. The van der Waals surface area contributed by atoms with Gasteiger partial charge in [-0.15, -0.1) is 0 Å². The normalized spacial score (nSPS) is 13.9. The zero-order valence-corrected chi connectivity index (χ0v) is 17.8. The van der Waals surface area contributed by atoms with Gasteiger partial charge in [0.1, 0.15) is 5.75 Å². The van der Waals surface area contributed by atoms with Crippen LogP contribution < -0.4 is 15.4 Å². The second-order valence-corrected chi connectivity index (χ2v) is 8.24. The maximum absolute atomic E-state index is 12.6.